The van der Waals surface area contributed by atoms with Crippen molar-refractivity contribution in [3.05, 3.63) is 0 Å². The minimum Gasteiger partial charge on any atom is -0.396 e. The van der Waals surface area contributed by atoms with Crippen molar-refractivity contribution in [2.75, 3.05) is 19.8 Å². The van der Waals surface area contributed by atoms with E-state index < -0.39 is 0 Å². The minimum absolute atomic E-state index is 0.0163. The van der Waals surface area contributed by atoms with E-state index in [1.807, 2.05) is 6.92 Å². The number of carbonyl (C=O) groups is 1. The summed E-state index contributed by atoms with van der Waals surface area (Å²) in [5, 5.41) is 27.2. The summed E-state index contributed by atoms with van der Waals surface area (Å²) < 4.78 is 0. The van der Waals surface area contributed by atoms with Crippen LogP contribution in [0, 0.1) is 5.41 Å². The lowest BCUT2D eigenvalue weighted by atomic mass is 9.71. The summed E-state index contributed by atoms with van der Waals surface area (Å²) in [6, 6.07) is 0. The van der Waals surface area contributed by atoms with Gasteiger partial charge in [0.25, 0.3) is 0 Å². The monoisotopic (exact) mass is 288 g/mol. The molecule has 0 aliphatic heterocycles. The van der Waals surface area contributed by atoms with Crippen LogP contribution in [0.15, 0.2) is 0 Å². The van der Waals surface area contributed by atoms with Crippen molar-refractivity contribution in [2.24, 2.45) is 5.41 Å². The van der Waals surface area contributed by atoms with E-state index in [0.29, 0.717) is 18.6 Å². The van der Waals surface area contributed by atoms with E-state index in [-0.39, 0.29) is 25.2 Å². The van der Waals surface area contributed by atoms with E-state index in [0.717, 1.165) is 51.4 Å². The SMILES string of the molecule is CCCC(=O)CCC(CCCO)(CCCO)CCCO. The molecule has 0 saturated heterocycles. The summed E-state index contributed by atoms with van der Waals surface area (Å²) in [7, 11) is 0. The highest BCUT2D eigenvalue weighted by Crippen LogP contribution is 2.39. The Kier molecular flexibility index (Phi) is 12.0. The molecule has 0 amide bonds. The first-order chi connectivity index (χ1) is 9.64. The molecule has 0 aromatic rings. The highest BCUT2D eigenvalue weighted by atomic mass is 16.3. The van der Waals surface area contributed by atoms with E-state index in [4.69, 9.17) is 15.3 Å². The Morgan fingerprint density at radius 1 is 0.800 bits per heavy atom. The third kappa shape index (κ3) is 8.67. The van der Waals surface area contributed by atoms with Crippen molar-refractivity contribution in [3.63, 3.8) is 0 Å². The molecule has 120 valence electrons. The zero-order chi connectivity index (χ0) is 15.3. The van der Waals surface area contributed by atoms with E-state index in [1.165, 1.54) is 0 Å². The number of aliphatic hydroxyl groups excluding tert-OH is 3. The van der Waals surface area contributed by atoms with Crippen LogP contribution in [0.1, 0.15) is 71.1 Å². The predicted molar refractivity (Wildman–Crippen MR) is 80.5 cm³/mol. The van der Waals surface area contributed by atoms with Gasteiger partial charge < -0.3 is 15.3 Å². The molecule has 0 radical (unpaired) electrons. The maximum atomic E-state index is 11.8. The molecule has 0 aliphatic rings. The van der Waals surface area contributed by atoms with Gasteiger partial charge in [-0.1, -0.05) is 6.92 Å². The first kappa shape index (κ1) is 19.6. The van der Waals surface area contributed by atoms with Gasteiger partial charge in [-0.2, -0.15) is 0 Å². The second kappa shape index (κ2) is 12.3. The standard InChI is InChI=1S/C16H32O4/c1-2-6-15(20)7-11-16(8-3-12-17,9-4-13-18)10-5-14-19/h17-19H,2-14H2,1H3. The second-order valence-corrected chi connectivity index (χ2v) is 5.77. The summed E-state index contributed by atoms with van der Waals surface area (Å²) >= 11 is 0. The lowest BCUT2D eigenvalue weighted by molar-refractivity contribution is -0.119. The Labute approximate surface area is 123 Å². The maximum absolute atomic E-state index is 11.8. The molecule has 0 heterocycles. The molecule has 0 saturated carbocycles. The molecule has 4 nitrogen and oxygen atoms in total. The van der Waals surface area contributed by atoms with Crippen LogP contribution < -0.4 is 0 Å². The van der Waals surface area contributed by atoms with Gasteiger partial charge in [0.15, 0.2) is 0 Å². The molecule has 20 heavy (non-hydrogen) atoms. The fourth-order valence-electron chi connectivity index (χ4n) is 2.92. The van der Waals surface area contributed by atoms with Crippen LogP contribution in [0.4, 0.5) is 0 Å². The first-order valence-corrected chi connectivity index (χ1v) is 7.98. The second-order valence-electron chi connectivity index (χ2n) is 5.77. The third-order valence-electron chi connectivity index (χ3n) is 4.06. The van der Waals surface area contributed by atoms with Gasteiger partial charge in [0, 0.05) is 32.7 Å². The fourth-order valence-corrected chi connectivity index (χ4v) is 2.92. The smallest absolute Gasteiger partial charge is 0.132 e. The highest BCUT2D eigenvalue weighted by Gasteiger charge is 2.29. The third-order valence-corrected chi connectivity index (χ3v) is 4.06. The van der Waals surface area contributed by atoms with Gasteiger partial charge in [0.2, 0.25) is 0 Å². The summed E-state index contributed by atoms with van der Waals surface area (Å²) in [6.45, 7) is 2.48. The van der Waals surface area contributed by atoms with E-state index >= 15 is 0 Å². The highest BCUT2D eigenvalue weighted by molar-refractivity contribution is 5.78. The van der Waals surface area contributed by atoms with Crippen molar-refractivity contribution in [2.45, 2.75) is 71.1 Å². The minimum atomic E-state index is -0.0163. The topological polar surface area (TPSA) is 77.8 Å². The first-order valence-electron chi connectivity index (χ1n) is 7.98. The van der Waals surface area contributed by atoms with Crippen LogP contribution in [0.2, 0.25) is 0 Å². The summed E-state index contributed by atoms with van der Waals surface area (Å²) in [5.41, 5.74) is -0.0163. The van der Waals surface area contributed by atoms with Gasteiger partial charge in [-0.15, -0.1) is 0 Å². The average Bonchev–Trinajstić information content (AvgIpc) is 2.46. The van der Waals surface area contributed by atoms with Gasteiger partial charge in [-0.05, 0) is 56.8 Å². The largest absolute Gasteiger partial charge is 0.396 e. The van der Waals surface area contributed by atoms with Gasteiger partial charge in [0.05, 0.1) is 0 Å². The zero-order valence-corrected chi connectivity index (χ0v) is 12.9. The molecule has 0 unspecified atom stereocenters. The molecule has 0 atom stereocenters. The average molecular weight is 288 g/mol. The summed E-state index contributed by atoms with van der Waals surface area (Å²) in [4.78, 5) is 11.8. The summed E-state index contributed by atoms with van der Waals surface area (Å²) in [5.74, 6) is 0.300. The van der Waals surface area contributed by atoms with Crippen molar-refractivity contribution < 1.29 is 20.1 Å². The molecule has 4 heteroatoms. The molecule has 0 aromatic heterocycles. The lowest BCUT2D eigenvalue weighted by Crippen LogP contribution is -2.24. The Bertz CT molecular complexity index is 219. The molecule has 3 N–H and O–H groups in total. The van der Waals surface area contributed by atoms with Gasteiger partial charge in [0.1, 0.15) is 5.78 Å². The number of hydrogen-bond acceptors (Lipinski definition) is 4. The molecular weight excluding hydrogens is 256 g/mol. The normalized spacial score (nSPS) is 11.8. The number of carbonyl (C=O) groups excluding carboxylic acids is 1. The number of ketones is 1. The predicted octanol–water partition coefficient (Wildman–Crippen LogP) is 2.44. The molecule has 0 fully saturated rings. The molecule has 0 spiro atoms. The Hall–Kier alpha value is -0.450. The van der Waals surface area contributed by atoms with Crippen molar-refractivity contribution in [1.29, 1.82) is 0 Å². The van der Waals surface area contributed by atoms with Crippen LogP contribution in [0.25, 0.3) is 0 Å². The van der Waals surface area contributed by atoms with Gasteiger partial charge in [-0.3, -0.25) is 4.79 Å². The molecular formula is C16H32O4. The molecule has 0 aliphatic carbocycles. The van der Waals surface area contributed by atoms with E-state index in [2.05, 4.69) is 0 Å². The van der Waals surface area contributed by atoms with Gasteiger partial charge in [-0.25, -0.2) is 0 Å². The Morgan fingerprint density at radius 3 is 1.60 bits per heavy atom. The Balaban J connectivity index is 4.60. The van der Waals surface area contributed by atoms with Crippen LogP contribution in [0.3, 0.4) is 0 Å². The van der Waals surface area contributed by atoms with Crippen LogP contribution >= 0.6 is 0 Å². The van der Waals surface area contributed by atoms with E-state index in [1.54, 1.807) is 0 Å². The van der Waals surface area contributed by atoms with Gasteiger partial charge >= 0.3 is 0 Å². The van der Waals surface area contributed by atoms with Crippen molar-refractivity contribution in [3.8, 4) is 0 Å². The molecule has 0 rings (SSSR count). The van der Waals surface area contributed by atoms with Crippen molar-refractivity contribution in [1.82, 2.24) is 0 Å². The number of hydrogen-bond donors (Lipinski definition) is 3. The fraction of sp³-hybridized carbons (Fsp3) is 0.938. The van der Waals surface area contributed by atoms with Crippen molar-refractivity contribution >= 4 is 5.78 Å². The van der Waals surface area contributed by atoms with E-state index in [9.17, 15) is 4.79 Å². The van der Waals surface area contributed by atoms with Crippen LogP contribution in [0.5, 0.6) is 0 Å². The quantitative estimate of drug-likeness (QED) is 0.459. The molecule has 0 aromatic carbocycles. The van der Waals surface area contributed by atoms with Crippen LogP contribution in [-0.2, 0) is 4.79 Å². The Morgan fingerprint density at radius 2 is 1.25 bits per heavy atom. The number of rotatable bonds is 14. The zero-order valence-electron chi connectivity index (χ0n) is 12.9. The maximum Gasteiger partial charge on any atom is 0.132 e. The lowest BCUT2D eigenvalue weighted by Gasteiger charge is -2.34. The summed E-state index contributed by atoms with van der Waals surface area (Å²) in [6.07, 6.45) is 7.67. The van der Waals surface area contributed by atoms with Crippen LogP contribution in [-0.4, -0.2) is 40.9 Å². The molecule has 0 bridgehead atoms. The number of aliphatic hydroxyl groups is 3. The number of Topliss-reactive ketones (excluding diaryl/α,β-unsaturated/α-hetero) is 1.